The van der Waals surface area contributed by atoms with Gasteiger partial charge in [-0.3, -0.25) is 4.98 Å². The second-order valence-electron chi connectivity index (χ2n) is 6.89. The largest absolute Gasteiger partial charge is 0.361 e. The quantitative estimate of drug-likeness (QED) is 0.812. The van der Waals surface area contributed by atoms with Crippen LogP contribution in [0.2, 0.25) is 0 Å². The topological polar surface area (TPSA) is 52.0 Å². The van der Waals surface area contributed by atoms with E-state index in [1.54, 1.807) is 17.5 Å². The van der Waals surface area contributed by atoms with Gasteiger partial charge in [0, 0.05) is 23.0 Å². The fourth-order valence-corrected chi connectivity index (χ4v) is 4.34. The molecule has 2 aromatic heterocycles. The molecule has 3 heterocycles. The molecule has 0 saturated heterocycles. The number of nitrogens with one attached hydrogen (secondary N) is 1. The van der Waals surface area contributed by atoms with Gasteiger partial charge in [0.2, 0.25) is 0 Å². The summed E-state index contributed by atoms with van der Waals surface area (Å²) in [6.07, 6.45) is 2.74. The summed E-state index contributed by atoms with van der Waals surface area (Å²) in [6, 6.07) is 8.89. The zero-order chi connectivity index (χ0) is 17.2. The Bertz CT molecular complexity index is 730. The zero-order valence-electron chi connectivity index (χ0n) is 14.5. The molecule has 1 N–H and O–H groups in total. The first-order valence-corrected chi connectivity index (χ1v) is 9.36. The average Bonchev–Trinajstić information content (AvgIpc) is 3.18. The van der Waals surface area contributed by atoms with Crippen LogP contribution in [-0.2, 0) is 5.41 Å². The highest BCUT2D eigenvalue weighted by Crippen LogP contribution is 2.45. The predicted octanol–water partition coefficient (Wildman–Crippen LogP) is 3.85. The smallest absolute Gasteiger partial charge is 0.101 e. The third-order valence-electron chi connectivity index (χ3n) is 4.61. The second kappa shape index (κ2) is 6.92. The molecule has 24 heavy (non-hydrogen) atoms. The van der Waals surface area contributed by atoms with Crippen molar-refractivity contribution in [3.63, 3.8) is 0 Å². The normalized spacial score (nSPS) is 16.7. The van der Waals surface area contributed by atoms with Gasteiger partial charge < -0.3 is 10.2 Å². The fourth-order valence-electron chi connectivity index (χ4n) is 3.47. The van der Waals surface area contributed by atoms with Crippen LogP contribution in [0.3, 0.4) is 0 Å². The number of nitriles is 1. The van der Waals surface area contributed by atoms with Crippen molar-refractivity contribution >= 4 is 17.0 Å². The van der Waals surface area contributed by atoms with Gasteiger partial charge in [-0.2, -0.15) is 5.26 Å². The predicted molar refractivity (Wildman–Crippen MR) is 99.5 cm³/mol. The molecule has 126 valence electrons. The van der Waals surface area contributed by atoms with Crippen LogP contribution in [0, 0.1) is 11.3 Å². The van der Waals surface area contributed by atoms with E-state index in [0.29, 0.717) is 11.6 Å². The van der Waals surface area contributed by atoms with Crippen molar-refractivity contribution in [3.8, 4) is 6.07 Å². The second-order valence-corrected chi connectivity index (χ2v) is 7.87. The Kier molecular flexibility index (Phi) is 4.88. The van der Waals surface area contributed by atoms with Gasteiger partial charge >= 0.3 is 0 Å². The minimum absolute atomic E-state index is 0.00296. The highest BCUT2D eigenvalue weighted by atomic mass is 32.1. The van der Waals surface area contributed by atoms with Crippen molar-refractivity contribution in [2.75, 3.05) is 24.5 Å². The molecule has 0 spiro atoms. The lowest BCUT2D eigenvalue weighted by molar-refractivity contribution is 0.490. The Hall–Kier alpha value is -1.90. The summed E-state index contributed by atoms with van der Waals surface area (Å²) in [7, 11) is 0. The highest BCUT2D eigenvalue weighted by Gasteiger charge is 2.40. The van der Waals surface area contributed by atoms with Crippen LogP contribution in [0.25, 0.3) is 0 Å². The number of pyridine rings is 1. The molecule has 0 amide bonds. The van der Waals surface area contributed by atoms with Gasteiger partial charge in [-0.25, -0.2) is 0 Å². The summed E-state index contributed by atoms with van der Waals surface area (Å²) in [5.41, 5.74) is 2.85. The van der Waals surface area contributed by atoms with Crippen molar-refractivity contribution < 1.29 is 0 Å². The van der Waals surface area contributed by atoms with Crippen LogP contribution in [0.4, 0.5) is 5.69 Å². The third kappa shape index (κ3) is 3.17. The van der Waals surface area contributed by atoms with Crippen LogP contribution >= 0.6 is 11.3 Å². The number of nitrogens with zero attached hydrogens (tertiary/aromatic N) is 3. The van der Waals surface area contributed by atoms with Crippen molar-refractivity contribution in [1.29, 1.82) is 5.26 Å². The number of hydrogen-bond acceptors (Lipinski definition) is 5. The van der Waals surface area contributed by atoms with Gasteiger partial charge in [0.15, 0.2) is 0 Å². The fraction of sp³-hybridized carbons (Fsp3) is 0.474. The minimum Gasteiger partial charge on any atom is -0.361 e. The van der Waals surface area contributed by atoms with Gasteiger partial charge in [0.25, 0.3) is 0 Å². The molecule has 0 aliphatic carbocycles. The van der Waals surface area contributed by atoms with Crippen molar-refractivity contribution in [2.24, 2.45) is 0 Å². The maximum atomic E-state index is 9.26. The van der Waals surface area contributed by atoms with Gasteiger partial charge in [0.1, 0.15) is 6.07 Å². The van der Waals surface area contributed by atoms with Gasteiger partial charge in [-0.15, -0.1) is 11.3 Å². The van der Waals surface area contributed by atoms with Crippen LogP contribution in [-0.4, -0.2) is 24.6 Å². The van der Waals surface area contributed by atoms with Gasteiger partial charge in [0.05, 0.1) is 23.0 Å². The first-order chi connectivity index (χ1) is 11.6. The third-order valence-corrected chi connectivity index (χ3v) is 5.58. The van der Waals surface area contributed by atoms with E-state index in [2.05, 4.69) is 59.6 Å². The monoisotopic (exact) mass is 340 g/mol. The van der Waals surface area contributed by atoms with E-state index >= 15 is 0 Å². The lowest BCUT2D eigenvalue weighted by Gasteiger charge is -2.31. The van der Waals surface area contributed by atoms with Crippen LogP contribution in [0.15, 0.2) is 29.8 Å². The molecule has 0 unspecified atom stereocenters. The zero-order valence-corrected chi connectivity index (χ0v) is 15.4. The van der Waals surface area contributed by atoms with E-state index in [1.807, 2.05) is 6.07 Å². The Balaban J connectivity index is 1.99. The molecule has 2 aromatic rings. The number of thiophene rings is 1. The molecule has 1 atom stereocenters. The van der Waals surface area contributed by atoms with E-state index in [-0.39, 0.29) is 5.41 Å². The van der Waals surface area contributed by atoms with E-state index in [9.17, 15) is 5.26 Å². The SMILES string of the molecule is CCNCC[C@H](c1cccs1)N1CC(C)(C)c2ncc(C#N)cc21. The van der Waals surface area contributed by atoms with E-state index in [0.717, 1.165) is 37.4 Å². The average molecular weight is 340 g/mol. The minimum atomic E-state index is -0.00296. The van der Waals surface area contributed by atoms with Crippen LogP contribution < -0.4 is 10.2 Å². The Morgan fingerprint density at radius 3 is 3.00 bits per heavy atom. The van der Waals surface area contributed by atoms with Gasteiger partial charge in [-0.1, -0.05) is 26.8 Å². The molecule has 1 aliphatic rings. The molecular formula is C19H24N4S. The molecule has 1 aliphatic heterocycles. The summed E-state index contributed by atoms with van der Waals surface area (Å²) >= 11 is 1.81. The molecule has 0 bridgehead atoms. The molecule has 0 aromatic carbocycles. The number of aromatic nitrogens is 1. The molecule has 0 fully saturated rings. The highest BCUT2D eigenvalue weighted by molar-refractivity contribution is 7.10. The summed E-state index contributed by atoms with van der Waals surface area (Å²) < 4.78 is 0. The molecule has 5 heteroatoms. The van der Waals surface area contributed by atoms with Crippen molar-refractivity contribution in [2.45, 2.75) is 38.6 Å². The number of anilines is 1. The maximum Gasteiger partial charge on any atom is 0.101 e. The summed E-state index contributed by atoms with van der Waals surface area (Å²) in [5.74, 6) is 0. The van der Waals surface area contributed by atoms with E-state index < -0.39 is 0 Å². The number of hydrogen-bond donors (Lipinski definition) is 1. The first-order valence-electron chi connectivity index (χ1n) is 8.48. The maximum absolute atomic E-state index is 9.26. The summed E-state index contributed by atoms with van der Waals surface area (Å²) in [4.78, 5) is 8.44. The first kappa shape index (κ1) is 16.9. The molecule has 0 saturated carbocycles. The molecule has 3 rings (SSSR count). The van der Waals surface area contributed by atoms with Crippen molar-refractivity contribution in [1.82, 2.24) is 10.3 Å². The van der Waals surface area contributed by atoms with E-state index in [4.69, 9.17) is 0 Å². The van der Waals surface area contributed by atoms with Crippen molar-refractivity contribution in [3.05, 3.63) is 45.9 Å². The van der Waals surface area contributed by atoms with Crippen LogP contribution in [0.1, 0.15) is 49.4 Å². The molecule has 0 radical (unpaired) electrons. The molecular weight excluding hydrogens is 316 g/mol. The summed E-state index contributed by atoms with van der Waals surface area (Å²) in [5, 5.41) is 14.8. The Morgan fingerprint density at radius 2 is 2.33 bits per heavy atom. The van der Waals surface area contributed by atoms with Gasteiger partial charge in [-0.05, 0) is 37.0 Å². The van der Waals surface area contributed by atoms with Crippen LogP contribution in [0.5, 0.6) is 0 Å². The Labute approximate surface area is 148 Å². The summed E-state index contributed by atoms with van der Waals surface area (Å²) in [6.45, 7) is 9.51. The lowest BCUT2D eigenvalue weighted by Crippen LogP contribution is -2.33. The number of fused-ring (bicyclic) bond motifs is 1. The standard InChI is InChI=1S/C19H24N4S/c1-4-21-8-7-15(17-6-5-9-24-17)23-13-19(2,3)18-16(23)10-14(11-20)12-22-18/h5-6,9-10,12,15,21H,4,7-8,13H2,1-3H3/t15-/m1/s1. The molecule has 4 nitrogen and oxygen atoms in total. The Morgan fingerprint density at radius 1 is 1.50 bits per heavy atom. The van der Waals surface area contributed by atoms with E-state index in [1.165, 1.54) is 4.88 Å². The number of rotatable bonds is 6. The lowest BCUT2D eigenvalue weighted by atomic mass is 9.91.